The first-order valence-corrected chi connectivity index (χ1v) is 10.6. The largest absolute Gasteiger partial charge is 0.478 e. The van der Waals surface area contributed by atoms with Gasteiger partial charge in [-0.15, -0.1) is 10.2 Å². The van der Waals surface area contributed by atoms with Gasteiger partial charge in [0.15, 0.2) is 17.7 Å². The number of anilines is 1. The van der Waals surface area contributed by atoms with Gasteiger partial charge in [-0.2, -0.15) is 0 Å². The summed E-state index contributed by atoms with van der Waals surface area (Å²) in [4.78, 5) is 23.2. The van der Waals surface area contributed by atoms with Crippen LogP contribution >= 0.6 is 11.8 Å². The Morgan fingerprint density at radius 3 is 2.78 bits per heavy atom. The van der Waals surface area contributed by atoms with Gasteiger partial charge < -0.3 is 18.9 Å². The van der Waals surface area contributed by atoms with Gasteiger partial charge in [0, 0.05) is 35.9 Å². The van der Waals surface area contributed by atoms with E-state index in [9.17, 15) is 14.0 Å². The highest BCUT2D eigenvalue weighted by Crippen LogP contribution is 2.29. The lowest BCUT2D eigenvalue weighted by Gasteiger charge is -2.11. The van der Waals surface area contributed by atoms with Crippen LogP contribution in [-0.4, -0.2) is 16.1 Å². The van der Waals surface area contributed by atoms with Crippen LogP contribution in [0.4, 0.5) is 10.1 Å². The van der Waals surface area contributed by atoms with Crippen LogP contribution in [0.5, 0.6) is 5.75 Å². The first-order chi connectivity index (χ1) is 15.4. The second kappa shape index (κ2) is 9.23. The van der Waals surface area contributed by atoms with Crippen LogP contribution in [0.2, 0.25) is 0 Å². The minimum Gasteiger partial charge on any atom is -0.478 e. The number of hydrogen-bond acceptors (Lipinski definition) is 8. The number of carbonyl (C=O) groups is 1. The molecule has 164 valence electrons. The summed E-state index contributed by atoms with van der Waals surface area (Å²) in [6.45, 7) is 3.07. The molecule has 2 heterocycles. The number of benzene rings is 2. The molecule has 4 aromatic rings. The zero-order chi connectivity index (χ0) is 22.7. The number of thioether (sulfide) groups is 1. The number of hydrogen-bond donors (Lipinski definition) is 1. The third-order valence-corrected chi connectivity index (χ3v) is 5.28. The fourth-order valence-electron chi connectivity index (χ4n) is 2.99. The monoisotopic (exact) mass is 455 g/mol. The minimum atomic E-state index is -0.648. The Labute approximate surface area is 185 Å². The zero-order valence-electron chi connectivity index (χ0n) is 17.1. The van der Waals surface area contributed by atoms with Gasteiger partial charge in [0.25, 0.3) is 11.1 Å². The van der Waals surface area contributed by atoms with Crippen molar-refractivity contribution in [1.29, 1.82) is 0 Å². The van der Waals surface area contributed by atoms with Gasteiger partial charge in [-0.25, -0.2) is 9.18 Å². The number of rotatable bonds is 7. The minimum absolute atomic E-state index is 0.0912. The highest BCUT2D eigenvalue weighted by Gasteiger charge is 2.18. The van der Waals surface area contributed by atoms with Crippen molar-refractivity contribution in [3.8, 4) is 5.75 Å². The summed E-state index contributed by atoms with van der Waals surface area (Å²) in [5.41, 5.74) is 1.10. The van der Waals surface area contributed by atoms with Gasteiger partial charge >= 0.3 is 5.63 Å². The van der Waals surface area contributed by atoms with E-state index in [-0.39, 0.29) is 22.8 Å². The van der Waals surface area contributed by atoms with E-state index in [4.69, 9.17) is 13.6 Å². The third kappa shape index (κ3) is 4.97. The Morgan fingerprint density at radius 1 is 1.19 bits per heavy atom. The van der Waals surface area contributed by atoms with E-state index >= 15 is 0 Å². The topological polar surface area (TPSA) is 107 Å². The van der Waals surface area contributed by atoms with E-state index < -0.39 is 17.5 Å². The maximum atomic E-state index is 13.8. The van der Waals surface area contributed by atoms with Gasteiger partial charge in [0.2, 0.25) is 5.91 Å². The van der Waals surface area contributed by atoms with E-state index in [0.29, 0.717) is 22.6 Å². The SMILES string of the molecule is CC(=O)Nc1ccc2c(CSc3nnc(C(C)Oc4ccccc4F)o3)cc(=O)oc2c1. The molecule has 4 rings (SSSR count). The maximum Gasteiger partial charge on any atom is 0.336 e. The quantitative estimate of drug-likeness (QED) is 0.315. The van der Waals surface area contributed by atoms with Gasteiger partial charge in [0.05, 0.1) is 0 Å². The van der Waals surface area contributed by atoms with Crippen LogP contribution in [0.15, 0.2) is 67.4 Å². The first kappa shape index (κ1) is 21.6. The first-order valence-electron chi connectivity index (χ1n) is 9.61. The van der Waals surface area contributed by atoms with Crippen molar-refractivity contribution in [3.63, 3.8) is 0 Å². The van der Waals surface area contributed by atoms with E-state index in [1.54, 1.807) is 37.3 Å². The molecule has 0 aliphatic rings. The van der Waals surface area contributed by atoms with Crippen molar-refractivity contribution in [2.75, 3.05) is 5.32 Å². The molecule has 8 nitrogen and oxygen atoms in total. The number of nitrogens with zero attached hydrogens (tertiary/aromatic N) is 2. The number of carbonyl (C=O) groups excluding carboxylic acids is 1. The van der Waals surface area contributed by atoms with Crippen molar-refractivity contribution < 1.29 is 22.8 Å². The van der Waals surface area contributed by atoms with Crippen LogP contribution in [0.1, 0.15) is 31.4 Å². The Hall–Kier alpha value is -3.66. The average Bonchev–Trinajstić information content (AvgIpc) is 3.22. The summed E-state index contributed by atoms with van der Waals surface area (Å²) in [7, 11) is 0. The van der Waals surface area contributed by atoms with Crippen LogP contribution in [-0.2, 0) is 10.5 Å². The van der Waals surface area contributed by atoms with E-state index in [1.165, 1.54) is 36.9 Å². The smallest absolute Gasteiger partial charge is 0.336 e. The Bertz CT molecular complexity index is 1340. The molecule has 0 aliphatic carbocycles. The van der Waals surface area contributed by atoms with E-state index in [0.717, 1.165) is 5.39 Å². The van der Waals surface area contributed by atoms with E-state index in [2.05, 4.69) is 15.5 Å². The predicted molar refractivity (Wildman–Crippen MR) is 116 cm³/mol. The number of amides is 1. The Kier molecular flexibility index (Phi) is 6.22. The molecule has 0 radical (unpaired) electrons. The van der Waals surface area contributed by atoms with Crippen molar-refractivity contribution in [1.82, 2.24) is 10.2 Å². The third-order valence-electron chi connectivity index (χ3n) is 4.41. The molecule has 2 aromatic heterocycles. The van der Waals surface area contributed by atoms with Crippen molar-refractivity contribution in [2.45, 2.75) is 30.9 Å². The predicted octanol–water partition coefficient (Wildman–Crippen LogP) is 4.71. The molecule has 1 atom stereocenters. The molecule has 0 aliphatic heterocycles. The van der Waals surface area contributed by atoms with Crippen molar-refractivity contribution >= 4 is 34.3 Å². The second-order valence-electron chi connectivity index (χ2n) is 6.87. The summed E-state index contributed by atoms with van der Waals surface area (Å²) in [5, 5.41) is 11.6. The maximum absolute atomic E-state index is 13.8. The van der Waals surface area contributed by atoms with Crippen LogP contribution in [0.3, 0.4) is 0 Å². The summed E-state index contributed by atoms with van der Waals surface area (Å²) in [6, 6.07) is 12.5. The lowest BCUT2D eigenvalue weighted by molar-refractivity contribution is -0.114. The summed E-state index contributed by atoms with van der Waals surface area (Å²) in [5.74, 6) is -0.0449. The fourth-order valence-corrected chi connectivity index (χ4v) is 3.75. The lowest BCUT2D eigenvalue weighted by atomic mass is 10.1. The molecule has 0 saturated carbocycles. The zero-order valence-corrected chi connectivity index (χ0v) is 17.9. The standard InChI is InChI=1S/C22H18FN3O5S/c1-12(29-18-6-4-3-5-17(18)23)21-25-26-22(31-21)32-11-14-9-20(28)30-19-10-15(24-13(2)27)7-8-16(14)19/h3-10,12H,11H2,1-2H3,(H,24,27). The molecule has 10 heteroatoms. The molecule has 0 saturated heterocycles. The number of para-hydroxylation sites is 1. The molecule has 0 bridgehead atoms. The van der Waals surface area contributed by atoms with Crippen molar-refractivity contribution in [3.05, 3.63) is 76.2 Å². The highest BCUT2D eigenvalue weighted by molar-refractivity contribution is 7.98. The number of halogens is 1. The Morgan fingerprint density at radius 2 is 2.00 bits per heavy atom. The second-order valence-corrected chi connectivity index (χ2v) is 7.79. The lowest BCUT2D eigenvalue weighted by Crippen LogP contribution is -2.06. The molecular formula is C22H18FN3O5S. The molecule has 1 unspecified atom stereocenters. The number of ether oxygens (including phenoxy) is 1. The summed E-state index contributed by atoms with van der Waals surface area (Å²) in [6.07, 6.45) is -0.648. The highest BCUT2D eigenvalue weighted by atomic mass is 32.2. The molecule has 0 fully saturated rings. The van der Waals surface area contributed by atoms with Gasteiger partial charge in [-0.3, -0.25) is 4.79 Å². The molecule has 0 spiro atoms. The molecule has 2 aromatic carbocycles. The molecule has 32 heavy (non-hydrogen) atoms. The number of nitrogens with one attached hydrogen (secondary N) is 1. The average molecular weight is 455 g/mol. The van der Waals surface area contributed by atoms with E-state index in [1.807, 2.05) is 0 Å². The summed E-state index contributed by atoms with van der Waals surface area (Å²) >= 11 is 1.24. The van der Waals surface area contributed by atoms with Gasteiger partial charge in [0.1, 0.15) is 5.58 Å². The van der Waals surface area contributed by atoms with Crippen molar-refractivity contribution in [2.24, 2.45) is 0 Å². The number of aromatic nitrogens is 2. The molecule has 1 amide bonds. The van der Waals surface area contributed by atoms with Crippen LogP contribution in [0, 0.1) is 5.82 Å². The summed E-state index contributed by atoms with van der Waals surface area (Å²) < 4.78 is 30.2. The van der Waals surface area contributed by atoms with Crippen LogP contribution < -0.4 is 15.7 Å². The molecular weight excluding hydrogens is 437 g/mol. The fraction of sp³-hybridized carbons (Fsp3) is 0.182. The molecule has 1 N–H and O–H groups in total. The van der Waals surface area contributed by atoms with Gasteiger partial charge in [-0.05, 0) is 36.8 Å². The Balaban J connectivity index is 1.48. The normalized spacial score (nSPS) is 12.0. The van der Waals surface area contributed by atoms with Gasteiger partial charge in [-0.1, -0.05) is 23.9 Å². The number of fused-ring (bicyclic) bond motifs is 1. The van der Waals surface area contributed by atoms with Crippen LogP contribution in [0.25, 0.3) is 11.0 Å².